The Labute approximate surface area is 213 Å². The zero-order valence-corrected chi connectivity index (χ0v) is 25.5. The Morgan fingerprint density at radius 1 is 0.615 bits per heavy atom. The van der Waals surface area contributed by atoms with E-state index in [2.05, 4.69) is 18.9 Å². The summed E-state index contributed by atoms with van der Waals surface area (Å²) in [7, 11) is 0. The van der Waals surface area contributed by atoms with Gasteiger partial charge in [0, 0.05) is 81.7 Å². The first-order valence-corrected chi connectivity index (χ1v) is 7.89. The van der Waals surface area contributed by atoms with Crippen LogP contribution >= 0.6 is 0 Å². The summed E-state index contributed by atoms with van der Waals surface area (Å²) in [5, 5.41) is 0. The second kappa shape index (κ2) is 27.4. The van der Waals surface area contributed by atoms with Crippen molar-refractivity contribution in [2.45, 2.75) is 25.7 Å². The van der Waals surface area contributed by atoms with E-state index in [4.69, 9.17) is 11.5 Å². The van der Waals surface area contributed by atoms with E-state index in [0.29, 0.717) is 24.9 Å². The van der Waals surface area contributed by atoms with E-state index in [1.165, 1.54) is 19.3 Å². The minimum absolute atomic E-state index is 0. The number of rotatable bonds is 2. The predicted molar refractivity (Wildman–Crippen MR) is 84.8 cm³/mol. The van der Waals surface area contributed by atoms with Gasteiger partial charge in [0.2, 0.25) is 0 Å². The van der Waals surface area contributed by atoms with E-state index in [-0.39, 0.29) is 81.7 Å². The van der Waals surface area contributed by atoms with E-state index < -0.39 is 0 Å². The predicted octanol–water partition coefficient (Wildman–Crippen LogP) is 3.60. The Bertz CT molecular complexity index is 207. The van der Waals surface area contributed by atoms with Gasteiger partial charge < -0.3 is 30.4 Å². The van der Waals surface area contributed by atoms with Crippen LogP contribution in [0.1, 0.15) is 25.7 Å². The fraction of sp³-hybridized carbons (Fsp3) is 0.750. The molecule has 4 heterocycles. The largest absolute Gasteiger partial charge is 0.677 e. The maximum Gasteiger partial charge on any atom is 0 e. The molecular formula is C16H28N2O4Re4-6. The van der Waals surface area contributed by atoms with E-state index in [9.17, 15) is 0 Å². The van der Waals surface area contributed by atoms with Gasteiger partial charge in [-0.25, -0.2) is 0 Å². The molecule has 160 valence electrons. The third kappa shape index (κ3) is 40.9. The quantitative estimate of drug-likeness (QED) is 0.313. The Kier molecular flexibility index (Phi) is 37.8. The van der Waals surface area contributed by atoms with Crippen LogP contribution in [0.2, 0.25) is 0 Å². The topological polar surface area (TPSA) is 97.7 Å². The molecule has 5 aliphatic rings. The Morgan fingerprint density at radius 2 is 0.846 bits per heavy atom. The van der Waals surface area contributed by atoms with Gasteiger partial charge in [-0.3, -0.25) is 0 Å². The zero-order chi connectivity index (χ0) is 15.9. The summed E-state index contributed by atoms with van der Waals surface area (Å²) >= 11 is 0. The summed E-state index contributed by atoms with van der Waals surface area (Å²) in [4.78, 5) is 0. The Balaban J connectivity index is -0.000000126. The minimum atomic E-state index is 0. The molecule has 2 unspecified atom stereocenters. The van der Waals surface area contributed by atoms with Crippen molar-refractivity contribution >= 4 is 0 Å². The molecule has 4 aliphatic heterocycles. The van der Waals surface area contributed by atoms with Crippen molar-refractivity contribution in [3.05, 3.63) is 37.9 Å². The fourth-order valence-corrected chi connectivity index (χ4v) is 1.77. The smallest absolute Gasteiger partial charge is 0 e. The Hall–Kier alpha value is 2.41. The van der Waals surface area contributed by atoms with Gasteiger partial charge in [-0.1, -0.05) is 63.9 Å². The molecule has 1 saturated carbocycles. The van der Waals surface area contributed by atoms with Crippen LogP contribution in [0.25, 0.3) is 11.5 Å². The summed E-state index contributed by atoms with van der Waals surface area (Å²) in [5.41, 5.74) is 14.4. The van der Waals surface area contributed by atoms with Crippen LogP contribution < -0.4 is 0 Å². The average molecular weight is 1060 g/mol. The van der Waals surface area contributed by atoms with Crippen LogP contribution in [0.5, 0.6) is 0 Å². The minimum Gasteiger partial charge on any atom is -0.677 e. The van der Waals surface area contributed by atoms with Gasteiger partial charge in [0.25, 0.3) is 0 Å². The molecule has 5 fully saturated rings. The van der Waals surface area contributed by atoms with E-state index in [1.54, 1.807) is 26.4 Å². The van der Waals surface area contributed by atoms with Crippen molar-refractivity contribution in [3.8, 4) is 0 Å². The van der Waals surface area contributed by atoms with Crippen LogP contribution in [0, 0.1) is 38.3 Å². The van der Waals surface area contributed by atoms with Crippen LogP contribution in [0.3, 0.4) is 0 Å². The number of hydrogen-bond acceptors (Lipinski definition) is 4. The van der Waals surface area contributed by atoms with Gasteiger partial charge in [-0.2, -0.15) is 26.4 Å². The molecule has 4 radical (unpaired) electrons. The van der Waals surface area contributed by atoms with Crippen LogP contribution in [-0.2, 0) is 101 Å². The van der Waals surface area contributed by atoms with Crippen molar-refractivity contribution in [2.24, 2.45) is 11.8 Å². The van der Waals surface area contributed by atoms with Crippen molar-refractivity contribution in [1.29, 1.82) is 0 Å². The van der Waals surface area contributed by atoms with Crippen LogP contribution in [-0.4, -0.2) is 39.5 Å². The molecule has 26 heavy (non-hydrogen) atoms. The van der Waals surface area contributed by atoms with Gasteiger partial charge in [-0.15, -0.1) is 13.1 Å². The summed E-state index contributed by atoms with van der Waals surface area (Å²) in [6, 6.07) is 0. The van der Waals surface area contributed by atoms with Crippen molar-refractivity contribution in [1.82, 2.24) is 0 Å². The van der Waals surface area contributed by atoms with Gasteiger partial charge in [0.1, 0.15) is 0 Å². The monoisotopic (exact) mass is 1060 g/mol. The third-order valence-electron chi connectivity index (χ3n) is 3.14. The number of epoxide rings is 4. The maximum atomic E-state index is 7.20. The molecule has 1 aliphatic carbocycles. The maximum absolute atomic E-state index is 7.20. The summed E-state index contributed by atoms with van der Waals surface area (Å²) in [5.74, 6) is 1.23. The first-order chi connectivity index (χ1) is 10.9. The molecule has 2 atom stereocenters. The normalized spacial score (nSPS) is 24.2. The molecule has 2 N–H and O–H groups in total. The third-order valence-corrected chi connectivity index (χ3v) is 3.14. The van der Waals surface area contributed by atoms with E-state index in [0.717, 1.165) is 32.8 Å². The molecule has 0 bridgehead atoms. The molecule has 0 aromatic heterocycles. The zero-order valence-electron chi connectivity index (χ0n) is 14.7. The van der Waals surface area contributed by atoms with Crippen LogP contribution in [0.4, 0.5) is 0 Å². The summed E-state index contributed by atoms with van der Waals surface area (Å²) in [6.45, 7) is 11.7. The van der Waals surface area contributed by atoms with Gasteiger partial charge in [0.15, 0.2) is 0 Å². The van der Waals surface area contributed by atoms with E-state index >= 15 is 0 Å². The summed E-state index contributed by atoms with van der Waals surface area (Å²) < 4.78 is 17.5. The molecule has 0 spiro atoms. The molecule has 5 rings (SSSR count). The molecule has 0 aromatic rings. The van der Waals surface area contributed by atoms with Crippen molar-refractivity contribution in [2.75, 3.05) is 39.5 Å². The first-order valence-electron chi connectivity index (χ1n) is 7.89. The van der Waals surface area contributed by atoms with Crippen LogP contribution in [0.15, 0.2) is 0 Å². The number of ether oxygens (including phenoxy) is 4. The average Bonchev–Trinajstić information content (AvgIpc) is 3.40. The van der Waals surface area contributed by atoms with Gasteiger partial charge >= 0.3 is 0 Å². The van der Waals surface area contributed by atoms with Gasteiger partial charge in [-0.05, 0) is 0 Å². The molecule has 6 nitrogen and oxygen atoms in total. The van der Waals surface area contributed by atoms with Crippen molar-refractivity contribution < 1.29 is 101 Å². The molecule has 10 heteroatoms. The second-order valence-electron chi connectivity index (χ2n) is 5.31. The van der Waals surface area contributed by atoms with Crippen molar-refractivity contribution in [3.63, 3.8) is 0 Å². The fourth-order valence-electron chi connectivity index (χ4n) is 1.77. The molecule has 0 amide bonds. The number of hydrogen-bond donors (Lipinski definition) is 0. The van der Waals surface area contributed by atoms with E-state index in [1.807, 2.05) is 0 Å². The standard InChI is InChI=1S/C8H16N2.4C2H3O.4Re/c9-5-7-2-1-3-8(4-7)6-10;4*1-2-3-1;;;;/h7-10H,1-6H2;4*1H,2H2;;;;/q-2;4*-1;;;;. The first kappa shape index (κ1) is 35.8. The molecule has 4 saturated heterocycles. The summed E-state index contributed by atoms with van der Waals surface area (Å²) in [6.07, 6.45) is 4.88. The van der Waals surface area contributed by atoms with Gasteiger partial charge in [0.05, 0.1) is 0 Å². The molecular weight excluding hydrogens is 1030 g/mol. The SMILES string of the molecule is [CH-]1CO1.[CH-]1CO1.[CH-]1CO1.[CH-]1CO1.[NH-]CC1CCCC(C[NH-])C1.[Re].[Re].[Re].[Re]. The second-order valence-corrected chi connectivity index (χ2v) is 5.31. The number of nitrogens with one attached hydrogen (secondary N) is 2. The molecule has 0 aromatic carbocycles. The Morgan fingerprint density at radius 3 is 1.00 bits per heavy atom.